The Labute approximate surface area is 114 Å². The first-order valence-corrected chi connectivity index (χ1v) is 7.26. The summed E-state index contributed by atoms with van der Waals surface area (Å²) < 4.78 is 0. The van der Waals surface area contributed by atoms with Crippen LogP contribution < -0.4 is 5.32 Å². The fourth-order valence-electron chi connectivity index (χ4n) is 2.82. The first-order chi connectivity index (χ1) is 8.65. The standard InChI is InChI=1S/C14H22ClN3/c1-10-4-3-5-12(8-10)6-7-16-13-11(2)9-17-14(15)18-13/h9-10,12H,3-8H2,1-2H3,(H,16,17,18). The molecule has 1 aliphatic rings. The minimum atomic E-state index is 0.314. The largest absolute Gasteiger partial charge is 0.370 e. The lowest BCUT2D eigenvalue weighted by Gasteiger charge is -2.26. The van der Waals surface area contributed by atoms with Crippen LogP contribution in [0.5, 0.6) is 0 Å². The second-order valence-corrected chi connectivity index (χ2v) is 5.86. The van der Waals surface area contributed by atoms with Crippen LogP contribution in [0.3, 0.4) is 0 Å². The third-order valence-electron chi connectivity index (χ3n) is 3.83. The molecule has 1 saturated carbocycles. The Morgan fingerprint density at radius 1 is 1.44 bits per heavy atom. The molecule has 0 aromatic carbocycles. The van der Waals surface area contributed by atoms with Gasteiger partial charge in [0.05, 0.1) is 0 Å². The van der Waals surface area contributed by atoms with Crippen molar-refractivity contribution in [2.75, 3.05) is 11.9 Å². The quantitative estimate of drug-likeness (QED) is 0.836. The zero-order chi connectivity index (χ0) is 13.0. The van der Waals surface area contributed by atoms with E-state index in [1.807, 2.05) is 6.92 Å². The topological polar surface area (TPSA) is 37.8 Å². The molecule has 1 aromatic heterocycles. The van der Waals surface area contributed by atoms with Gasteiger partial charge in [-0.2, -0.15) is 0 Å². The predicted molar refractivity (Wildman–Crippen MR) is 76.0 cm³/mol. The molecule has 4 heteroatoms. The van der Waals surface area contributed by atoms with E-state index in [1.165, 1.54) is 32.1 Å². The number of anilines is 1. The van der Waals surface area contributed by atoms with Crippen LogP contribution in [0.1, 0.15) is 44.6 Å². The highest BCUT2D eigenvalue weighted by molar-refractivity contribution is 6.28. The molecule has 1 aromatic rings. The Morgan fingerprint density at radius 3 is 3.06 bits per heavy atom. The van der Waals surface area contributed by atoms with Gasteiger partial charge in [-0.25, -0.2) is 9.97 Å². The van der Waals surface area contributed by atoms with Gasteiger partial charge < -0.3 is 5.32 Å². The smallest absolute Gasteiger partial charge is 0.224 e. The third-order valence-corrected chi connectivity index (χ3v) is 4.01. The summed E-state index contributed by atoms with van der Waals surface area (Å²) in [7, 11) is 0. The highest BCUT2D eigenvalue weighted by Gasteiger charge is 2.18. The first-order valence-electron chi connectivity index (χ1n) is 6.88. The second kappa shape index (κ2) is 6.37. The molecule has 1 heterocycles. The van der Waals surface area contributed by atoms with E-state index in [1.54, 1.807) is 6.20 Å². The molecule has 1 N–H and O–H groups in total. The van der Waals surface area contributed by atoms with Crippen LogP contribution in [0.4, 0.5) is 5.82 Å². The SMILES string of the molecule is Cc1cnc(Cl)nc1NCCC1CCCC(C)C1. The van der Waals surface area contributed by atoms with Gasteiger partial charge in [0.2, 0.25) is 5.28 Å². The Morgan fingerprint density at radius 2 is 2.28 bits per heavy atom. The summed E-state index contributed by atoms with van der Waals surface area (Å²) >= 11 is 5.80. The number of aromatic nitrogens is 2. The maximum absolute atomic E-state index is 5.80. The summed E-state index contributed by atoms with van der Waals surface area (Å²) in [6, 6.07) is 0. The van der Waals surface area contributed by atoms with Crippen LogP contribution in [0, 0.1) is 18.8 Å². The molecule has 0 amide bonds. The van der Waals surface area contributed by atoms with Crippen molar-refractivity contribution in [2.45, 2.75) is 46.0 Å². The van der Waals surface area contributed by atoms with Crippen molar-refractivity contribution in [3.63, 3.8) is 0 Å². The van der Waals surface area contributed by atoms with Crippen LogP contribution >= 0.6 is 11.6 Å². The van der Waals surface area contributed by atoms with E-state index in [9.17, 15) is 0 Å². The molecule has 0 radical (unpaired) electrons. The molecule has 1 fully saturated rings. The van der Waals surface area contributed by atoms with E-state index < -0.39 is 0 Å². The summed E-state index contributed by atoms with van der Waals surface area (Å²) in [4.78, 5) is 8.18. The Kier molecular flexibility index (Phi) is 4.81. The molecule has 3 nitrogen and oxygen atoms in total. The van der Waals surface area contributed by atoms with Crippen LogP contribution in [0.2, 0.25) is 5.28 Å². The van der Waals surface area contributed by atoms with Gasteiger partial charge in [0.1, 0.15) is 5.82 Å². The number of hydrogen-bond acceptors (Lipinski definition) is 3. The van der Waals surface area contributed by atoms with Crippen LogP contribution in [0.15, 0.2) is 6.20 Å². The fourth-order valence-corrected chi connectivity index (χ4v) is 2.95. The molecule has 0 bridgehead atoms. The maximum Gasteiger partial charge on any atom is 0.224 e. The molecule has 2 rings (SSSR count). The molecule has 1 aliphatic carbocycles. The minimum absolute atomic E-state index is 0.314. The highest BCUT2D eigenvalue weighted by atomic mass is 35.5. The van der Waals surface area contributed by atoms with Crippen LogP contribution in [-0.4, -0.2) is 16.5 Å². The van der Waals surface area contributed by atoms with E-state index in [2.05, 4.69) is 22.2 Å². The zero-order valence-electron chi connectivity index (χ0n) is 11.2. The maximum atomic E-state index is 5.80. The molecule has 18 heavy (non-hydrogen) atoms. The van der Waals surface area contributed by atoms with E-state index in [0.29, 0.717) is 5.28 Å². The molecule has 2 unspecified atom stereocenters. The van der Waals surface area contributed by atoms with Crippen LogP contribution in [-0.2, 0) is 0 Å². The lowest BCUT2D eigenvalue weighted by molar-refractivity contribution is 0.274. The van der Waals surface area contributed by atoms with Gasteiger partial charge in [-0.3, -0.25) is 0 Å². The highest BCUT2D eigenvalue weighted by Crippen LogP contribution is 2.30. The first kappa shape index (κ1) is 13.6. The molecule has 0 aliphatic heterocycles. The third kappa shape index (κ3) is 3.84. The normalized spacial score (nSPS) is 23.9. The molecular formula is C14H22ClN3. The summed E-state index contributed by atoms with van der Waals surface area (Å²) in [5.41, 5.74) is 1.05. The van der Waals surface area contributed by atoms with Crippen molar-refractivity contribution >= 4 is 17.4 Å². The zero-order valence-corrected chi connectivity index (χ0v) is 12.0. The molecule has 0 saturated heterocycles. The van der Waals surface area contributed by atoms with Crippen LogP contribution in [0.25, 0.3) is 0 Å². The van der Waals surface area contributed by atoms with Crippen molar-refractivity contribution < 1.29 is 0 Å². The van der Waals surface area contributed by atoms with Gasteiger partial charge in [0.15, 0.2) is 0 Å². The van der Waals surface area contributed by atoms with E-state index in [-0.39, 0.29) is 0 Å². The van der Waals surface area contributed by atoms with Gasteiger partial charge in [-0.1, -0.05) is 26.2 Å². The van der Waals surface area contributed by atoms with E-state index >= 15 is 0 Å². The summed E-state index contributed by atoms with van der Waals surface area (Å²) in [5.74, 6) is 2.65. The molecular weight excluding hydrogens is 246 g/mol. The Bertz CT molecular complexity index is 395. The van der Waals surface area contributed by atoms with Crippen molar-refractivity contribution in [1.82, 2.24) is 9.97 Å². The van der Waals surface area contributed by atoms with Gasteiger partial charge in [0.25, 0.3) is 0 Å². The minimum Gasteiger partial charge on any atom is -0.370 e. The number of hydrogen-bond donors (Lipinski definition) is 1. The summed E-state index contributed by atoms with van der Waals surface area (Å²) in [6.45, 7) is 5.35. The Balaban J connectivity index is 1.79. The number of nitrogens with one attached hydrogen (secondary N) is 1. The lowest BCUT2D eigenvalue weighted by atomic mass is 9.81. The monoisotopic (exact) mass is 267 g/mol. The molecule has 0 spiro atoms. The number of rotatable bonds is 4. The fraction of sp³-hybridized carbons (Fsp3) is 0.714. The predicted octanol–water partition coefficient (Wildman–Crippen LogP) is 4.07. The average molecular weight is 268 g/mol. The van der Waals surface area contributed by atoms with Crippen molar-refractivity contribution in [3.05, 3.63) is 17.0 Å². The molecule has 100 valence electrons. The Hall–Kier alpha value is -0.830. The average Bonchev–Trinajstić information content (AvgIpc) is 2.34. The van der Waals surface area contributed by atoms with Gasteiger partial charge >= 0.3 is 0 Å². The van der Waals surface area contributed by atoms with E-state index in [4.69, 9.17) is 11.6 Å². The number of nitrogens with zero attached hydrogens (tertiary/aromatic N) is 2. The lowest BCUT2D eigenvalue weighted by Crippen LogP contribution is -2.17. The van der Waals surface area contributed by atoms with Gasteiger partial charge in [0, 0.05) is 18.3 Å². The summed E-state index contributed by atoms with van der Waals surface area (Å²) in [5, 5.41) is 3.69. The van der Waals surface area contributed by atoms with Gasteiger partial charge in [-0.05, 0) is 43.2 Å². The van der Waals surface area contributed by atoms with Crippen molar-refractivity contribution in [1.29, 1.82) is 0 Å². The second-order valence-electron chi connectivity index (χ2n) is 5.52. The number of halogens is 1. The van der Waals surface area contributed by atoms with E-state index in [0.717, 1.165) is 29.8 Å². The van der Waals surface area contributed by atoms with Crippen molar-refractivity contribution in [2.24, 2.45) is 11.8 Å². The molecule has 2 atom stereocenters. The van der Waals surface area contributed by atoms with Gasteiger partial charge in [-0.15, -0.1) is 0 Å². The number of aryl methyl sites for hydroxylation is 1. The summed E-state index contributed by atoms with van der Waals surface area (Å²) in [6.07, 6.45) is 8.56. The van der Waals surface area contributed by atoms with Crippen molar-refractivity contribution in [3.8, 4) is 0 Å².